The van der Waals surface area contributed by atoms with Gasteiger partial charge < -0.3 is 11.1 Å². The summed E-state index contributed by atoms with van der Waals surface area (Å²) in [7, 11) is 0. The highest BCUT2D eigenvalue weighted by Crippen LogP contribution is 2.25. The molecule has 0 radical (unpaired) electrons. The normalized spacial score (nSPS) is 29.5. The van der Waals surface area contributed by atoms with Crippen molar-refractivity contribution in [3.8, 4) is 0 Å². The van der Waals surface area contributed by atoms with Gasteiger partial charge in [-0.2, -0.15) is 0 Å². The van der Waals surface area contributed by atoms with Gasteiger partial charge in [0.2, 0.25) is 0 Å². The zero-order valence-electron chi connectivity index (χ0n) is 9.27. The summed E-state index contributed by atoms with van der Waals surface area (Å²) in [5, 5.41) is 3.64. The average molecular weight is 184 g/mol. The molecule has 1 aliphatic rings. The van der Waals surface area contributed by atoms with E-state index in [1.165, 1.54) is 19.3 Å². The third-order valence-corrected chi connectivity index (χ3v) is 2.86. The van der Waals surface area contributed by atoms with Gasteiger partial charge in [0.05, 0.1) is 0 Å². The first kappa shape index (κ1) is 11.0. The van der Waals surface area contributed by atoms with Crippen LogP contribution in [0.1, 0.15) is 40.0 Å². The van der Waals surface area contributed by atoms with Gasteiger partial charge in [-0.1, -0.05) is 27.2 Å². The van der Waals surface area contributed by atoms with E-state index in [1.54, 1.807) is 0 Å². The van der Waals surface area contributed by atoms with Crippen molar-refractivity contribution in [1.82, 2.24) is 5.32 Å². The van der Waals surface area contributed by atoms with Crippen molar-refractivity contribution in [1.29, 1.82) is 0 Å². The SMILES string of the molecule is CC(C)(C)CNC1CCCC1CN. The molecular weight excluding hydrogens is 160 g/mol. The molecule has 0 saturated heterocycles. The Morgan fingerprint density at radius 2 is 2.00 bits per heavy atom. The number of hydrogen-bond donors (Lipinski definition) is 2. The molecule has 3 N–H and O–H groups in total. The van der Waals surface area contributed by atoms with Crippen LogP contribution in [0, 0.1) is 11.3 Å². The summed E-state index contributed by atoms with van der Waals surface area (Å²) in [6.45, 7) is 8.77. The van der Waals surface area contributed by atoms with Crippen LogP contribution < -0.4 is 11.1 Å². The van der Waals surface area contributed by atoms with Crippen LogP contribution in [0.15, 0.2) is 0 Å². The van der Waals surface area contributed by atoms with Gasteiger partial charge in [-0.3, -0.25) is 0 Å². The van der Waals surface area contributed by atoms with Crippen molar-refractivity contribution in [2.45, 2.75) is 46.1 Å². The predicted molar refractivity (Wildman–Crippen MR) is 57.6 cm³/mol. The lowest BCUT2D eigenvalue weighted by Crippen LogP contribution is -2.40. The zero-order valence-corrected chi connectivity index (χ0v) is 9.27. The van der Waals surface area contributed by atoms with E-state index in [2.05, 4.69) is 26.1 Å². The molecule has 0 amide bonds. The van der Waals surface area contributed by atoms with E-state index in [1.807, 2.05) is 0 Å². The van der Waals surface area contributed by atoms with Gasteiger partial charge in [-0.15, -0.1) is 0 Å². The molecule has 0 aromatic heterocycles. The number of rotatable bonds is 3. The van der Waals surface area contributed by atoms with Crippen molar-refractivity contribution >= 4 is 0 Å². The molecule has 0 aromatic rings. The van der Waals surface area contributed by atoms with Crippen molar-refractivity contribution in [3.63, 3.8) is 0 Å². The van der Waals surface area contributed by atoms with Crippen LogP contribution in [0.3, 0.4) is 0 Å². The minimum atomic E-state index is 0.391. The fourth-order valence-electron chi connectivity index (χ4n) is 2.02. The van der Waals surface area contributed by atoms with Crippen molar-refractivity contribution in [2.24, 2.45) is 17.1 Å². The van der Waals surface area contributed by atoms with E-state index >= 15 is 0 Å². The van der Waals surface area contributed by atoms with Crippen LogP contribution in [-0.2, 0) is 0 Å². The molecule has 1 saturated carbocycles. The highest BCUT2D eigenvalue weighted by molar-refractivity contribution is 4.84. The first-order valence-corrected chi connectivity index (χ1v) is 5.46. The third kappa shape index (κ3) is 3.65. The molecule has 1 fully saturated rings. The molecule has 1 aliphatic carbocycles. The van der Waals surface area contributed by atoms with Gasteiger partial charge in [0.1, 0.15) is 0 Å². The molecule has 0 aromatic carbocycles. The number of hydrogen-bond acceptors (Lipinski definition) is 2. The highest BCUT2D eigenvalue weighted by atomic mass is 14.9. The fourth-order valence-corrected chi connectivity index (χ4v) is 2.02. The van der Waals surface area contributed by atoms with Gasteiger partial charge in [-0.25, -0.2) is 0 Å². The van der Waals surface area contributed by atoms with Crippen LogP contribution in [0.25, 0.3) is 0 Å². The minimum Gasteiger partial charge on any atom is -0.330 e. The lowest BCUT2D eigenvalue weighted by atomic mass is 9.95. The Balaban J connectivity index is 2.28. The van der Waals surface area contributed by atoms with Crippen LogP contribution >= 0.6 is 0 Å². The van der Waals surface area contributed by atoms with Crippen molar-refractivity contribution < 1.29 is 0 Å². The van der Waals surface area contributed by atoms with E-state index in [0.29, 0.717) is 11.5 Å². The molecule has 1 rings (SSSR count). The predicted octanol–water partition coefficient (Wildman–Crippen LogP) is 1.75. The quantitative estimate of drug-likeness (QED) is 0.701. The summed E-state index contributed by atoms with van der Waals surface area (Å²) < 4.78 is 0. The van der Waals surface area contributed by atoms with E-state index < -0.39 is 0 Å². The summed E-state index contributed by atoms with van der Waals surface area (Å²) in [4.78, 5) is 0. The highest BCUT2D eigenvalue weighted by Gasteiger charge is 2.26. The Bertz CT molecular complexity index is 149. The molecule has 2 nitrogen and oxygen atoms in total. The summed E-state index contributed by atoms with van der Waals surface area (Å²) in [5.74, 6) is 0.724. The first-order valence-electron chi connectivity index (χ1n) is 5.46. The molecule has 0 heterocycles. The molecule has 0 spiro atoms. The molecule has 78 valence electrons. The molecule has 2 heteroatoms. The Labute approximate surface area is 82.3 Å². The van der Waals surface area contributed by atoms with Crippen LogP contribution in [0.2, 0.25) is 0 Å². The van der Waals surface area contributed by atoms with Crippen LogP contribution in [0.4, 0.5) is 0 Å². The molecule has 2 atom stereocenters. The Hall–Kier alpha value is -0.0800. The van der Waals surface area contributed by atoms with Crippen molar-refractivity contribution in [3.05, 3.63) is 0 Å². The van der Waals surface area contributed by atoms with E-state index in [4.69, 9.17) is 5.73 Å². The van der Waals surface area contributed by atoms with Crippen LogP contribution in [-0.4, -0.2) is 19.1 Å². The zero-order chi connectivity index (χ0) is 9.90. The average Bonchev–Trinajstić information content (AvgIpc) is 2.46. The van der Waals surface area contributed by atoms with Crippen LogP contribution in [0.5, 0.6) is 0 Å². The monoisotopic (exact) mass is 184 g/mol. The minimum absolute atomic E-state index is 0.391. The number of nitrogens with two attached hydrogens (primary N) is 1. The summed E-state index contributed by atoms with van der Waals surface area (Å²) in [6, 6.07) is 0.684. The Morgan fingerprint density at radius 3 is 2.54 bits per heavy atom. The van der Waals surface area contributed by atoms with Gasteiger partial charge in [0, 0.05) is 12.6 Å². The first-order chi connectivity index (χ1) is 6.03. The molecular formula is C11H24N2. The standard InChI is InChI=1S/C11H24N2/c1-11(2,3)8-13-10-6-4-5-9(10)7-12/h9-10,13H,4-8,12H2,1-3H3. The summed E-state index contributed by atoms with van der Waals surface area (Å²) in [5.41, 5.74) is 6.11. The molecule has 0 aliphatic heterocycles. The fraction of sp³-hybridized carbons (Fsp3) is 1.00. The maximum atomic E-state index is 5.72. The smallest absolute Gasteiger partial charge is 0.0108 e. The van der Waals surface area contributed by atoms with Crippen molar-refractivity contribution in [2.75, 3.05) is 13.1 Å². The van der Waals surface area contributed by atoms with Gasteiger partial charge in [-0.05, 0) is 30.7 Å². The topological polar surface area (TPSA) is 38.0 Å². The number of nitrogens with one attached hydrogen (secondary N) is 1. The molecule has 13 heavy (non-hydrogen) atoms. The lowest BCUT2D eigenvalue weighted by Gasteiger charge is -2.25. The third-order valence-electron chi connectivity index (χ3n) is 2.86. The van der Waals surface area contributed by atoms with Gasteiger partial charge in [0.15, 0.2) is 0 Å². The van der Waals surface area contributed by atoms with Gasteiger partial charge >= 0.3 is 0 Å². The maximum absolute atomic E-state index is 5.72. The molecule has 0 bridgehead atoms. The Kier molecular flexibility index (Phi) is 3.74. The maximum Gasteiger partial charge on any atom is 0.0108 e. The second-order valence-corrected chi connectivity index (χ2v) is 5.47. The van der Waals surface area contributed by atoms with Gasteiger partial charge in [0.25, 0.3) is 0 Å². The lowest BCUT2D eigenvalue weighted by molar-refractivity contribution is 0.320. The van der Waals surface area contributed by atoms with E-state index in [-0.39, 0.29) is 0 Å². The summed E-state index contributed by atoms with van der Waals surface area (Å²) >= 11 is 0. The summed E-state index contributed by atoms with van der Waals surface area (Å²) in [6.07, 6.45) is 3.99. The van der Waals surface area contributed by atoms with E-state index in [0.717, 1.165) is 19.0 Å². The second-order valence-electron chi connectivity index (χ2n) is 5.47. The van der Waals surface area contributed by atoms with E-state index in [9.17, 15) is 0 Å². The largest absolute Gasteiger partial charge is 0.330 e. The Morgan fingerprint density at radius 1 is 1.31 bits per heavy atom. The molecule has 2 unspecified atom stereocenters. The second kappa shape index (κ2) is 4.43.